The van der Waals surface area contributed by atoms with Crippen LogP contribution in [0.1, 0.15) is 23.7 Å². The van der Waals surface area contributed by atoms with E-state index in [0.717, 1.165) is 17.7 Å². The summed E-state index contributed by atoms with van der Waals surface area (Å²) in [6.45, 7) is 2.07. The molecule has 2 heterocycles. The molecule has 3 atom stereocenters. The van der Waals surface area contributed by atoms with Crippen LogP contribution < -0.4 is 0 Å². The molecule has 10 heteroatoms. The molecule has 0 spiro atoms. The van der Waals surface area contributed by atoms with E-state index in [1.807, 2.05) is 6.92 Å². The van der Waals surface area contributed by atoms with Gasteiger partial charge in [0.15, 0.2) is 16.1 Å². The molecular weight excluding hydrogens is 428 g/mol. The van der Waals surface area contributed by atoms with Crippen molar-refractivity contribution in [3.05, 3.63) is 77.9 Å². The molecule has 0 N–H and O–H groups in total. The molecule has 7 nitrogen and oxygen atoms in total. The summed E-state index contributed by atoms with van der Waals surface area (Å²) in [5.74, 6) is -1.70. The van der Waals surface area contributed by atoms with Crippen LogP contribution in [0.5, 0.6) is 0 Å². The zero-order valence-corrected chi connectivity index (χ0v) is 17.5. The van der Waals surface area contributed by atoms with Gasteiger partial charge in [-0.25, -0.2) is 26.9 Å². The number of benzene rings is 2. The van der Waals surface area contributed by atoms with E-state index < -0.39 is 40.0 Å². The predicted molar refractivity (Wildman–Crippen MR) is 107 cm³/mol. The van der Waals surface area contributed by atoms with Crippen molar-refractivity contribution in [3.63, 3.8) is 0 Å². The molecule has 31 heavy (non-hydrogen) atoms. The number of aromatic nitrogens is 3. The first-order valence-corrected chi connectivity index (χ1v) is 11.3. The van der Waals surface area contributed by atoms with Gasteiger partial charge in [-0.05, 0) is 31.5 Å². The molecule has 2 aromatic carbocycles. The zero-order chi connectivity index (χ0) is 22.0. The van der Waals surface area contributed by atoms with Gasteiger partial charge in [-0.3, -0.25) is 0 Å². The summed E-state index contributed by atoms with van der Waals surface area (Å²) < 4.78 is 66.6. The number of halogens is 2. The summed E-state index contributed by atoms with van der Waals surface area (Å²) in [6.07, 6.45) is 0.498. The third kappa shape index (κ3) is 4.97. The Bertz CT molecular complexity index is 1140. The minimum Gasteiger partial charge on any atom is -0.344 e. The molecule has 1 aromatic heterocycles. The van der Waals surface area contributed by atoms with Gasteiger partial charge in [0.2, 0.25) is 0 Å². The van der Waals surface area contributed by atoms with Crippen LogP contribution in [0, 0.1) is 18.6 Å². The Morgan fingerprint density at radius 3 is 2.55 bits per heavy atom. The van der Waals surface area contributed by atoms with Crippen LogP contribution in [0.3, 0.4) is 0 Å². The SMILES string of the molecule is Cc1ccc(S(=O)(=O)CC[C@H]2O[C@H](Cn3cncn3)O[C@H]2c2ccc(F)cc2F)cc1. The molecule has 164 valence electrons. The Morgan fingerprint density at radius 1 is 1.10 bits per heavy atom. The zero-order valence-electron chi connectivity index (χ0n) is 16.7. The van der Waals surface area contributed by atoms with Crippen molar-refractivity contribution >= 4 is 9.84 Å². The van der Waals surface area contributed by atoms with E-state index in [1.54, 1.807) is 24.3 Å². The Hall–Kier alpha value is -2.69. The summed E-state index contributed by atoms with van der Waals surface area (Å²) in [7, 11) is -3.57. The number of ether oxygens (including phenoxy) is 2. The van der Waals surface area contributed by atoms with Gasteiger partial charge in [0.25, 0.3) is 0 Å². The molecule has 1 aliphatic rings. The van der Waals surface area contributed by atoms with Gasteiger partial charge in [0, 0.05) is 11.6 Å². The lowest BCUT2D eigenvalue weighted by atomic mass is 10.0. The fourth-order valence-corrected chi connectivity index (χ4v) is 4.80. The van der Waals surface area contributed by atoms with E-state index in [2.05, 4.69) is 10.1 Å². The van der Waals surface area contributed by atoms with Crippen molar-refractivity contribution in [2.75, 3.05) is 5.75 Å². The summed E-state index contributed by atoms with van der Waals surface area (Å²) in [5, 5.41) is 3.99. The highest BCUT2D eigenvalue weighted by Gasteiger charge is 2.39. The fraction of sp³-hybridized carbons (Fsp3) is 0.333. The maximum absolute atomic E-state index is 14.4. The molecule has 0 amide bonds. The second-order valence-corrected chi connectivity index (χ2v) is 9.47. The molecule has 3 aromatic rings. The number of aryl methyl sites for hydroxylation is 1. The molecule has 0 bridgehead atoms. The van der Waals surface area contributed by atoms with E-state index >= 15 is 0 Å². The fourth-order valence-electron chi connectivity index (χ4n) is 3.48. The smallest absolute Gasteiger partial charge is 0.178 e. The van der Waals surface area contributed by atoms with Crippen molar-refractivity contribution in [1.82, 2.24) is 14.8 Å². The molecule has 0 unspecified atom stereocenters. The van der Waals surface area contributed by atoms with Gasteiger partial charge in [-0.15, -0.1) is 0 Å². The van der Waals surface area contributed by atoms with Gasteiger partial charge in [0.1, 0.15) is 30.4 Å². The molecule has 0 radical (unpaired) electrons. The van der Waals surface area contributed by atoms with Crippen LogP contribution in [0.25, 0.3) is 0 Å². The van der Waals surface area contributed by atoms with E-state index in [-0.39, 0.29) is 29.2 Å². The molecule has 0 aliphatic carbocycles. The predicted octanol–water partition coefficient (Wildman–Crippen LogP) is 3.21. The molecule has 1 fully saturated rings. The molecule has 1 saturated heterocycles. The lowest BCUT2D eigenvalue weighted by molar-refractivity contribution is -0.0784. The van der Waals surface area contributed by atoms with Crippen molar-refractivity contribution < 1.29 is 26.7 Å². The second-order valence-electron chi connectivity index (χ2n) is 7.36. The van der Waals surface area contributed by atoms with Crippen LogP contribution in [-0.2, 0) is 25.9 Å². The van der Waals surface area contributed by atoms with Gasteiger partial charge >= 0.3 is 0 Å². The van der Waals surface area contributed by atoms with Crippen LogP contribution in [0.4, 0.5) is 8.78 Å². The average Bonchev–Trinajstić information content (AvgIpc) is 3.37. The van der Waals surface area contributed by atoms with Gasteiger partial charge in [0.05, 0.1) is 23.3 Å². The van der Waals surface area contributed by atoms with Crippen LogP contribution in [-0.4, -0.2) is 41.3 Å². The summed E-state index contributed by atoms with van der Waals surface area (Å²) in [4.78, 5) is 4.06. The summed E-state index contributed by atoms with van der Waals surface area (Å²) in [6, 6.07) is 9.76. The number of nitrogens with zero attached hydrogens (tertiary/aromatic N) is 3. The maximum atomic E-state index is 14.4. The van der Waals surface area contributed by atoms with E-state index in [4.69, 9.17) is 9.47 Å². The van der Waals surface area contributed by atoms with E-state index in [0.29, 0.717) is 0 Å². The molecule has 0 saturated carbocycles. The van der Waals surface area contributed by atoms with Crippen molar-refractivity contribution in [2.24, 2.45) is 0 Å². The number of sulfone groups is 1. The minimum atomic E-state index is -3.57. The number of rotatable bonds is 7. The lowest BCUT2D eigenvalue weighted by Crippen LogP contribution is -2.22. The Balaban J connectivity index is 1.54. The Morgan fingerprint density at radius 2 is 1.87 bits per heavy atom. The Kier molecular flexibility index (Phi) is 6.12. The third-order valence-electron chi connectivity index (χ3n) is 5.09. The highest BCUT2D eigenvalue weighted by atomic mass is 32.2. The van der Waals surface area contributed by atoms with E-state index in [1.165, 1.54) is 23.4 Å². The topological polar surface area (TPSA) is 83.3 Å². The second kappa shape index (κ2) is 8.81. The summed E-state index contributed by atoms with van der Waals surface area (Å²) >= 11 is 0. The first-order valence-electron chi connectivity index (χ1n) is 9.69. The molecule has 4 rings (SSSR count). The summed E-state index contributed by atoms with van der Waals surface area (Å²) in [5.41, 5.74) is 1.06. The van der Waals surface area contributed by atoms with Gasteiger partial charge < -0.3 is 9.47 Å². The largest absolute Gasteiger partial charge is 0.344 e. The van der Waals surface area contributed by atoms with Crippen LogP contribution in [0.2, 0.25) is 0 Å². The minimum absolute atomic E-state index is 0.0750. The molecule has 1 aliphatic heterocycles. The maximum Gasteiger partial charge on any atom is 0.178 e. The van der Waals surface area contributed by atoms with E-state index in [9.17, 15) is 17.2 Å². The first kappa shape index (κ1) is 21.5. The van der Waals surface area contributed by atoms with Crippen molar-refractivity contribution in [2.45, 2.75) is 43.3 Å². The molecular formula is C21H21F2N3O4S. The monoisotopic (exact) mass is 449 g/mol. The van der Waals surface area contributed by atoms with Gasteiger partial charge in [-0.2, -0.15) is 5.10 Å². The number of hydrogen-bond acceptors (Lipinski definition) is 6. The van der Waals surface area contributed by atoms with Crippen LogP contribution >= 0.6 is 0 Å². The standard InChI is InChI=1S/C21H21F2N3O4S/c1-14-2-5-16(6-3-14)31(27,28)9-8-19-21(17-7-4-15(22)10-18(17)23)30-20(29-19)11-26-13-24-12-25-26/h2-7,10,12-13,19-21H,8-9,11H2,1H3/t19-,20+,21+/m1/s1. The van der Waals surface area contributed by atoms with Crippen molar-refractivity contribution in [3.8, 4) is 0 Å². The van der Waals surface area contributed by atoms with Crippen molar-refractivity contribution in [1.29, 1.82) is 0 Å². The Labute approximate surface area is 178 Å². The normalized spacial score (nSPS) is 21.5. The van der Waals surface area contributed by atoms with Gasteiger partial charge in [-0.1, -0.05) is 23.8 Å². The lowest BCUT2D eigenvalue weighted by Gasteiger charge is -2.18. The third-order valence-corrected chi connectivity index (χ3v) is 6.85. The number of hydrogen-bond donors (Lipinski definition) is 0. The quantitative estimate of drug-likeness (QED) is 0.551. The van der Waals surface area contributed by atoms with Crippen LogP contribution in [0.15, 0.2) is 60.0 Å². The first-order chi connectivity index (χ1) is 14.8. The highest BCUT2D eigenvalue weighted by Crippen LogP contribution is 2.36. The average molecular weight is 449 g/mol. The highest BCUT2D eigenvalue weighted by molar-refractivity contribution is 7.91.